The predicted octanol–water partition coefficient (Wildman–Crippen LogP) is 2.93. The highest BCUT2D eigenvalue weighted by Gasteiger charge is 2.30. The highest BCUT2D eigenvalue weighted by Crippen LogP contribution is 2.23. The van der Waals surface area contributed by atoms with Crippen LogP contribution >= 0.6 is 0 Å². The van der Waals surface area contributed by atoms with Crippen LogP contribution in [0.2, 0.25) is 0 Å². The van der Waals surface area contributed by atoms with Gasteiger partial charge in [-0.2, -0.15) is 13.2 Å². The summed E-state index contributed by atoms with van der Waals surface area (Å²) in [4.78, 5) is 1.10. The zero-order valence-electron chi connectivity index (χ0n) is 10.3. The monoisotopic (exact) mass is 264 g/mol. The van der Waals surface area contributed by atoms with E-state index in [1.54, 1.807) is 20.0 Å². The summed E-state index contributed by atoms with van der Waals surface area (Å²) in [5.74, 6) is -0.529. The van der Waals surface area contributed by atoms with Crippen molar-refractivity contribution in [3.63, 3.8) is 0 Å². The van der Waals surface area contributed by atoms with Gasteiger partial charge in [0.25, 0.3) is 0 Å². The van der Waals surface area contributed by atoms with Crippen LogP contribution in [-0.2, 0) is 6.54 Å². The van der Waals surface area contributed by atoms with Gasteiger partial charge in [0, 0.05) is 18.8 Å². The van der Waals surface area contributed by atoms with Crippen LogP contribution in [0.4, 0.5) is 23.2 Å². The first-order valence-electron chi connectivity index (χ1n) is 5.61. The minimum atomic E-state index is -4.30. The molecule has 0 aliphatic rings. The Hall–Kier alpha value is -1.30. The van der Waals surface area contributed by atoms with Crippen molar-refractivity contribution in [2.45, 2.75) is 19.6 Å². The molecule has 1 rings (SSSR count). The highest BCUT2D eigenvalue weighted by atomic mass is 19.4. The predicted molar refractivity (Wildman–Crippen MR) is 63.1 cm³/mol. The normalized spacial score (nSPS) is 11.7. The number of nitrogens with zero attached hydrogens (tertiary/aromatic N) is 1. The number of hydrogen-bond acceptors (Lipinski definition) is 2. The molecule has 0 saturated carbocycles. The summed E-state index contributed by atoms with van der Waals surface area (Å²) in [6, 6.07) is 3.99. The molecule has 0 aromatic heterocycles. The molecule has 1 N–H and O–H groups in total. The van der Waals surface area contributed by atoms with Gasteiger partial charge in [-0.25, -0.2) is 4.39 Å². The number of alkyl halides is 3. The summed E-state index contributed by atoms with van der Waals surface area (Å²) in [5.41, 5.74) is 0.869. The molecule has 0 heterocycles. The van der Waals surface area contributed by atoms with Crippen molar-refractivity contribution in [1.82, 2.24) is 5.32 Å². The molecule has 0 bridgehead atoms. The summed E-state index contributed by atoms with van der Waals surface area (Å²) >= 11 is 0. The van der Waals surface area contributed by atoms with Crippen LogP contribution in [-0.4, -0.2) is 26.3 Å². The molecule has 18 heavy (non-hydrogen) atoms. The summed E-state index contributed by atoms with van der Waals surface area (Å²) < 4.78 is 50.5. The Morgan fingerprint density at radius 1 is 1.22 bits per heavy atom. The average Bonchev–Trinajstić information content (AvgIpc) is 2.24. The fourth-order valence-electron chi connectivity index (χ4n) is 1.72. The highest BCUT2D eigenvalue weighted by molar-refractivity contribution is 5.49. The molecule has 0 radical (unpaired) electrons. The van der Waals surface area contributed by atoms with E-state index in [0.29, 0.717) is 12.1 Å². The molecule has 0 aliphatic heterocycles. The standard InChI is InChI=1S/C12H16F4N2/c1-3-18(8-12(14,15)16)11-5-9(7-17-2)4-10(13)6-11/h4-6,17H,3,7-8H2,1-2H3. The van der Waals surface area contributed by atoms with Gasteiger partial charge in [-0.3, -0.25) is 0 Å². The second-order valence-corrected chi connectivity index (χ2v) is 3.98. The van der Waals surface area contributed by atoms with Gasteiger partial charge in [-0.05, 0) is 37.7 Å². The zero-order valence-corrected chi connectivity index (χ0v) is 10.3. The first-order chi connectivity index (χ1) is 8.35. The lowest BCUT2D eigenvalue weighted by Crippen LogP contribution is -2.34. The fourth-order valence-corrected chi connectivity index (χ4v) is 1.72. The maximum atomic E-state index is 13.3. The van der Waals surface area contributed by atoms with Gasteiger partial charge in [-0.15, -0.1) is 0 Å². The van der Waals surface area contributed by atoms with Crippen molar-refractivity contribution >= 4 is 5.69 Å². The van der Waals surface area contributed by atoms with E-state index in [1.807, 2.05) is 0 Å². The van der Waals surface area contributed by atoms with E-state index in [1.165, 1.54) is 6.07 Å². The van der Waals surface area contributed by atoms with Gasteiger partial charge in [0.2, 0.25) is 0 Å². The lowest BCUT2D eigenvalue weighted by atomic mass is 10.1. The molecule has 0 spiro atoms. The Balaban J connectivity index is 2.98. The first-order valence-corrected chi connectivity index (χ1v) is 5.61. The Bertz CT molecular complexity index is 390. The number of benzene rings is 1. The molecule has 1 aromatic carbocycles. The Labute approximate surface area is 104 Å². The number of hydrogen-bond donors (Lipinski definition) is 1. The summed E-state index contributed by atoms with van der Waals surface area (Å²) in [7, 11) is 1.69. The minimum Gasteiger partial charge on any atom is -0.363 e. The van der Waals surface area contributed by atoms with Crippen LogP contribution in [0.15, 0.2) is 18.2 Å². The molecule has 0 amide bonds. The zero-order chi connectivity index (χ0) is 13.8. The first kappa shape index (κ1) is 14.8. The summed E-state index contributed by atoms with van der Waals surface area (Å²) in [6.07, 6.45) is -4.30. The van der Waals surface area contributed by atoms with Gasteiger partial charge in [0.05, 0.1) is 0 Å². The van der Waals surface area contributed by atoms with E-state index in [0.717, 1.165) is 11.0 Å². The molecule has 0 saturated heterocycles. The van der Waals surface area contributed by atoms with E-state index in [9.17, 15) is 17.6 Å². The molecule has 2 nitrogen and oxygen atoms in total. The topological polar surface area (TPSA) is 15.3 Å². The second-order valence-electron chi connectivity index (χ2n) is 3.98. The molecular weight excluding hydrogens is 248 g/mol. The van der Waals surface area contributed by atoms with Crippen LogP contribution in [0, 0.1) is 5.82 Å². The average molecular weight is 264 g/mol. The third-order valence-electron chi connectivity index (χ3n) is 2.44. The van der Waals surface area contributed by atoms with Gasteiger partial charge >= 0.3 is 6.18 Å². The smallest absolute Gasteiger partial charge is 0.363 e. The van der Waals surface area contributed by atoms with Gasteiger partial charge in [0.15, 0.2) is 0 Å². The van der Waals surface area contributed by atoms with Crippen molar-refractivity contribution in [1.29, 1.82) is 0 Å². The third kappa shape index (κ3) is 4.52. The Morgan fingerprint density at radius 3 is 2.39 bits per heavy atom. The lowest BCUT2D eigenvalue weighted by molar-refractivity contribution is -0.119. The van der Waals surface area contributed by atoms with E-state index < -0.39 is 18.5 Å². The molecular formula is C12H16F4N2. The van der Waals surface area contributed by atoms with E-state index in [2.05, 4.69) is 5.32 Å². The lowest BCUT2D eigenvalue weighted by Gasteiger charge is -2.25. The molecule has 102 valence electrons. The number of rotatable bonds is 5. The fraction of sp³-hybridized carbons (Fsp3) is 0.500. The van der Waals surface area contributed by atoms with E-state index in [4.69, 9.17) is 0 Å². The van der Waals surface area contributed by atoms with Crippen molar-refractivity contribution in [2.24, 2.45) is 0 Å². The van der Waals surface area contributed by atoms with Crippen molar-refractivity contribution in [3.05, 3.63) is 29.6 Å². The Morgan fingerprint density at radius 2 is 1.89 bits per heavy atom. The van der Waals surface area contributed by atoms with Gasteiger partial charge in [0.1, 0.15) is 12.4 Å². The number of nitrogens with one attached hydrogen (secondary N) is 1. The Kier molecular flexibility index (Phi) is 4.95. The third-order valence-corrected chi connectivity index (χ3v) is 2.44. The quantitative estimate of drug-likeness (QED) is 0.823. The molecule has 6 heteroatoms. The van der Waals surface area contributed by atoms with Crippen molar-refractivity contribution in [2.75, 3.05) is 25.0 Å². The van der Waals surface area contributed by atoms with E-state index in [-0.39, 0.29) is 12.2 Å². The van der Waals surface area contributed by atoms with Gasteiger partial charge in [-0.1, -0.05) is 0 Å². The van der Waals surface area contributed by atoms with E-state index >= 15 is 0 Å². The molecule has 0 unspecified atom stereocenters. The van der Waals surface area contributed by atoms with Crippen LogP contribution < -0.4 is 10.2 Å². The maximum absolute atomic E-state index is 13.3. The molecule has 0 fully saturated rings. The summed E-state index contributed by atoms with van der Waals surface area (Å²) in [6.45, 7) is 1.11. The van der Waals surface area contributed by atoms with Crippen LogP contribution in [0.3, 0.4) is 0 Å². The maximum Gasteiger partial charge on any atom is 0.405 e. The molecule has 1 aromatic rings. The van der Waals surface area contributed by atoms with Crippen molar-refractivity contribution in [3.8, 4) is 0 Å². The summed E-state index contributed by atoms with van der Waals surface area (Å²) in [5, 5.41) is 2.84. The van der Waals surface area contributed by atoms with Gasteiger partial charge < -0.3 is 10.2 Å². The SMILES string of the molecule is CCN(CC(F)(F)F)c1cc(F)cc(CNC)c1. The van der Waals surface area contributed by atoms with Crippen LogP contribution in [0.1, 0.15) is 12.5 Å². The van der Waals surface area contributed by atoms with Crippen LogP contribution in [0.5, 0.6) is 0 Å². The van der Waals surface area contributed by atoms with Crippen LogP contribution in [0.25, 0.3) is 0 Å². The number of anilines is 1. The molecule has 0 aliphatic carbocycles. The minimum absolute atomic E-state index is 0.169. The molecule has 0 atom stereocenters. The van der Waals surface area contributed by atoms with Crippen molar-refractivity contribution < 1.29 is 17.6 Å². The second kappa shape index (κ2) is 6.04. The number of halogens is 4. The largest absolute Gasteiger partial charge is 0.405 e.